The third-order valence-electron chi connectivity index (χ3n) is 3.39. The number of nitrogens with one attached hydrogen (secondary N) is 2. The van der Waals surface area contributed by atoms with Crippen LogP contribution >= 0.6 is 23.4 Å². The second-order valence-corrected chi connectivity index (χ2v) is 6.58. The topological polar surface area (TPSA) is 74.8 Å². The molecule has 1 amide bonds. The van der Waals surface area contributed by atoms with Crippen LogP contribution in [0.3, 0.4) is 0 Å². The number of aromatic amines is 1. The fraction of sp³-hybridized carbons (Fsp3) is 0.118. The van der Waals surface area contributed by atoms with E-state index < -0.39 is 0 Å². The van der Waals surface area contributed by atoms with Crippen LogP contribution in [-0.4, -0.2) is 21.6 Å². The first-order chi connectivity index (χ1) is 11.5. The predicted molar refractivity (Wildman–Crippen MR) is 97.9 cm³/mol. The number of thioether (sulfide) groups is 1. The number of aryl methyl sites for hydroxylation is 1. The Bertz CT molecular complexity index is 971. The van der Waals surface area contributed by atoms with Crippen molar-refractivity contribution in [1.29, 1.82) is 0 Å². The van der Waals surface area contributed by atoms with Crippen LogP contribution in [0.25, 0.3) is 10.9 Å². The summed E-state index contributed by atoms with van der Waals surface area (Å²) in [6, 6.07) is 12.4. The SMILES string of the molecule is Cc1cc(Cl)ccc1NC(=O)CSc1nc2ccccc2c(=O)[nH]1. The van der Waals surface area contributed by atoms with Gasteiger partial charge in [0.15, 0.2) is 5.16 Å². The average molecular weight is 360 g/mol. The predicted octanol–water partition coefficient (Wildman–Crippen LogP) is 3.62. The molecule has 0 radical (unpaired) electrons. The van der Waals surface area contributed by atoms with Crippen LogP contribution in [0.15, 0.2) is 52.4 Å². The molecule has 5 nitrogen and oxygen atoms in total. The molecule has 2 aromatic carbocycles. The first kappa shape index (κ1) is 16.5. The number of halogens is 1. The van der Waals surface area contributed by atoms with Crippen molar-refractivity contribution in [3.63, 3.8) is 0 Å². The highest BCUT2D eigenvalue weighted by Crippen LogP contribution is 2.20. The second kappa shape index (κ2) is 7.07. The van der Waals surface area contributed by atoms with Gasteiger partial charge in [0.2, 0.25) is 5.91 Å². The lowest BCUT2D eigenvalue weighted by molar-refractivity contribution is -0.113. The van der Waals surface area contributed by atoms with Gasteiger partial charge in [-0.3, -0.25) is 9.59 Å². The zero-order chi connectivity index (χ0) is 17.1. The molecule has 122 valence electrons. The number of hydrogen-bond donors (Lipinski definition) is 2. The fourth-order valence-electron chi connectivity index (χ4n) is 2.22. The van der Waals surface area contributed by atoms with E-state index in [1.807, 2.05) is 13.0 Å². The Balaban J connectivity index is 1.69. The van der Waals surface area contributed by atoms with Crippen LogP contribution in [0, 0.1) is 6.92 Å². The van der Waals surface area contributed by atoms with Crippen LogP contribution in [0.5, 0.6) is 0 Å². The average Bonchev–Trinajstić information content (AvgIpc) is 2.56. The normalized spacial score (nSPS) is 10.8. The van der Waals surface area contributed by atoms with Crippen molar-refractivity contribution in [3.05, 3.63) is 63.4 Å². The minimum Gasteiger partial charge on any atom is -0.325 e. The van der Waals surface area contributed by atoms with Crippen molar-refractivity contribution in [2.24, 2.45) is 0 Å². The van der Waals surface area contributed by atoms with Crippen LogP contribution in [0.2, 0.25) is 5.02 Å². The summed E-state index contributed by atoms with van der Waals surface area (Å²) in [6.45, 7) is 1.87. The molecule has 0 spiro atoms. The molecular formula is C17H14ClN3O2S. The molecule has 0 atom stereocenters. The highest BCUT2D eigenvalue weighted by Gasteiger charge is 2.09. The van der Waals surface area contributed by atoms with E-state index in [1.54, 1.807) is 36.4 Å². The van der Waals surface area contributed by atoms with E-state index in [2.05, 4.69) is 15.3 Å². The van der Waals surface area contributed by atoms with Crippen molar-refractivity contribution in [2.45, 2.75) is 12.1 Å². The zero-order valence-corrected chi connectivity index (χ0v) is 14.4. The first-order valence-electron chi connectivity index (χ1n) is 7.21. The maximum absolute atomic E-state index is 12.1. The van der Waals surface area contributed by atoms with E-state index in [4.69, 9.17) is 11.6 Å². The molecule has 1 heterocycles. The Morgan fingerprint density at radius 3 is 2.88 bits per heavy atom. The Hall–Kier alpha value is -2.31. The van der Waals surface area contributed by atoms with Crippen LogP contribution in [0.4, 0.5) is 5.69 Å². The van der Waals surface area contributed by atoms with Crippen molar-refractivity contribution in [1.82, 2.24) is 9.97 Å². The monoisotopic (exact) mass is 359 g/mol. The third-order valence-corrected chi connectivity index (χ3v) is 4.50. The molecule has 0 aliphatic rings. The Morgan fingerprint density at radius 2 is 2.08 bits per heavy atom. The van der Waals surface area contributed by atoms with Gasteiger partial charge in [-0.15, -0.1) is 0 Å². The molecule has 0 saturated carbocycles. The molecule has 0 unspecified atom stereocenters. The molecule has 0 aliphatic heterocycles. The van der Waals surface area contributed by atoms with Crippen LogP contribution in [0.1, 0.15) is 5.56 Å². The highest BCUT2D eigenvalue weighted by atomic mass is 35.5. The Morgan fingerprint density at radius 1 is 1.29 bits per heavy atom. The Labute approximate surface area is 147 Å². The van der Waals surface area contributed by atoms with E-state index in [0.29, 0.717) is 26.8 Å². The molecule has 0 aliphatic carbocycles. The lowest BCUT2D eigenvalue weighted by Gasteiger charge is -2.08. The number of benzene rings is 2. The summed E-state index contributed by atoms with van der Waals surface area (Å²) >= 11 is 7.08. The minimum atomic E-state index is -0.211. The molecule has 24 heavy (non-hydrogen) atoms. The highest BCUT2D eigenvalue weighted by molar-refractivity contribution is 7.99. The van der Waals surface area contributed by atoms with Crippen molar-refractivity contribution < 1.29 is 4.79 Å². The fourth-order valence-corrected chi connectivity index (χ4v) is 3.12. The second-order valence-electron chi connectivity index (χ2n) is 5.18. The van der Waals surface area contributed by atoms with Crippen LogP contribution < -0.4 is 10.9 Å². The molecule has 0 bridgehead atoms. The first-order valence-corrected chi connectivity index (χ1v) is 8.57. The number of hydrogen-bond acceptors (Lipinski definition) is 4. The number of carbonyl (C=O) groups excluding carboxylic acids is 1. The number of H-pyrrole nitrogens is 1. The minimum absolute atomic E-state index is 0.142. The maximum atomic E-state index is 12.1. The van der Waals surface area contributed by atoms with E-state index in [0.717, 1.165) is 5.56 Å². The number of nitrogens with zero attached hydrogens (tertiary/aromatic N) is 1. The molecule has 3 rings (SSSR count). The van der Waals surface area contributed by atoms with Gasteiger partial charge in [-0.1, -0.05) is 35.5 Å². The Kier molecular flexibility index (Phi) is 4.87. The van der Waals surface area contributed by atoms with Gasteiger partial charge < -0.3 is 10.3 Å². The lowest BCUT2D eigenvalue weighted by atomic mass is 10.2. The van der Waals surface area contributed by atoms with Gasteiger partial charge in [0.05, 0.1) is 16.7 Å². The summed E-state index contributed by atoms with van der Waals surface area (Å²) in [5.41, 5.74) is 2.00. The number of carbonyl (C=O) groups is 1. The zero-order valence-electron chi connectivity index (χ0n) is 12.8. The summed E-state index contributed by atoms with van der Waals surface area (Å²) < 4.78 is 0. The summed E-state index contributed by atoms with van der Waals surface area (Å²) in [6.07, 6.45) is 0. The van der Waals surface area contributed by atoms with Gasteiger partial charge in [0.1, 0.15) is 0 Å². The smallest absolute Gasteiger partial charge is 0.259 e. The van der Waals surface area contributed by atoms with E-state index in [1.165, 1.54) is 11.8 Å². The lowest BCUT2D eigenvalue weighted by Crippen LogP contribution is -2.16. The molecule has 2 N–H and O–H groups in total. The number of para-hydroxylation sites is 1. The molecule has 1 aromatic heterocycles. The number of fused-ring (bicyclic) bond motifs is 1. The van der Waals surface area contributed by atoms with Gasteiger partial charge >= 0.3 is 0 Å². The standard InChI is InChI=1S/C17H14ClN3O2S/c1-10-8-11(18)6-7-13(10)19-15(22)9-24-17-20-14-5-3-2-4-12(14)16(23)21-17/h2-8H,9H2,1H3,(H,19,22)(H,20,21,23). The summed E-state index contributed by atoms with van der Waals surface area (Å²) in [5, 5.41) is 4.39. The van der Waals surface area contributed by atoms with Gasteiger partial charge in [-0.2, -0.15) is 0 Å². The molecule has 0 saturated heterocycles. The summed E-state index contributed by atoms with van der Waals surface area (Å²) in [7, 11) is 0. The number of rotatable bonds is 4. The van der Waals surface area contributed by atoms with E-state index in [-0.39, 0.29) is 17.2 Å². The summed E-state index contributed by atoms with van der Waals surface area (Å²) in [4.78, 5) is 31.1. The van der Waals surface area contributed by atoms with E-state index >= 15 is 0 Å². The third kappa shape index (κ3) is 3.77. The van der Waals surface area contributed by atoms with Crippen LogP contribution in [-0.2, 0) is 4.79 Å². The number of anilines is 1. The largest absolute Gasteiger partial charge is 0.325 e. The molecule has 3 aromatic rings. The van der Waals surface area contributed by atoms with E-state index in [9.17, 15) is 9.59 Å². The molecule has 7 heteroatoms. The maximum Gasteiger partial charge on any atom is 0.259 e. The molecule has 0 fully saturated rings. The van der Waals surface area contributed by atoms with Crippen molar-refractivity contribution in [2.75, 3.05) is 11.1 Å². The number of amides is 1. The van der Waals surface area contributed by atoms with Gasteiger partial charge in [0, 0.05) is 10.7 Å². The van der Waals surface area contributed by atoms with Crippen molar-refractivity contribution in [3.8, 4) is 0 Å². The number of aromatic nitrogens is 2. The molecular weight excluding hydrogens is 346 g/mol. The van der Waals surface area contributed by atoms with Gasteiger partial charge in [0.25, 0.3) is 5.56 Å². The van der Waals surface area contributed by atoms with Gasteiger partial charge in [-0.25, -0.2) is 4.98 Å². The van der Waals surface area contributed by atoms with Crippen molar-refractivity contribution >= 4 is 45.9 Å². The summed E-state index contributed by atoms with van der Waals surface area (Å²) in [5.74, 6) is -0.0372. The van der Waals surface area contributed by atoms with Gasteiger partial charge in [-0.05, 0) is 42.8 Å². The quantitative estimate of drug-likeness (QED) is 0.551.